The Morgan fingerprint density at radius 3 is 2.63 bits per heavy atom. The number of carboxylic acids is 1. The molecular formula is C11H16N2O5S. The summed E-state index contributed by atoms with van der Waals surface area (Å²) >= 11 is 0. The Bertz CT molecular complexity index is 508. The first-order chi connectivity index (χ1) is 8.76. The molecule has 0 spiro atoms. The molecule has 19 heavy (non-hydrogen) atoms. The summed E-state index contributed by atoms with van der Waals surface area (Å²) in [5.41, 5.74) is 0. The lowest BCUT2D eigenvalue weighted by Crippen LogP contribution is -2.50. The molecule has 0 radical (unpaired) electrons. The molecule has 106 valence electrons. The van der Waals surface area contributed by atoms with E-state index in [1.165, 1.54) is 11.9 Å². The number of sulfone groups is 1. The van der Waals surface area contributed by atoms with Crippen LogP contribution < -0.4 is 5.32 Å². The van der Waals surface area contributed by atoms with Crippen LogP contribution in [0.15, 0.2) is 0 Å². The van der Waals surface area contributed by atoms with Gasteiger partial charge in [0.05, 0.1) is 11.5 Å². The summed E-state index contributed by atoms with van der Waals surface area (Å²) < 4.78 is 22.6. The molecule has 8 heteroatoms. The van der Waals surface area contributed by atoms with Crippen LogP contribution in [0.2, 0.25) is 0 Å². The Labute approximate surface area is 111 Å². The van der Waals surface area contributed by atoms with Gasteiger partial charge in [0.15, 0.2) is 9.84 Å². The third-order valence-corrected chi connectivity index (χ3v) is 4.74. The van der Waals surface area contributed by atoms with Crippen molar-refractivity contribution in [1.29, 1.82) is 0 Å². The second-order valence-electron chi connectivity index (χ2n) is 4.42. The van der Waals surface area contributed by atoms with E-state index < -0.39 is 33.9 Å². The van der Waals surface area contributed by atoms with Crippen molar-refractivity contribution in [2.24, 2.45) is 0 Å². The molecule has 1 rings (SSSR count). The van der Waals surface area contributed by atoms with Crippen LogP contribution in [0, 0.1) is 12.3 Å². The van der Waals surface area contributed by atoms with Crippen LogP contribution >= 0.6 is 0 Å². The van der Waals surface area contributed by atoms with Crippen LogP contribution in [0.3, 0.4) is 0 Å². The highest BCUT2D eigenvalue weighted by atomic mass is 32.2. The quantitative estimate of drug-likeness (QED) is 0.665. The highest BCUT2D eigenvalue weighted by Crippen LogP contribution is 2.16. The Hall–Kier alpha value is -1.75. The van der Waals surface area contributed by atoms with E-state index in [1.807, 2.05) is 0 Å². The van der Waals surface area contributed by atoms with Crippen LogP contribution in [0.25, 0.3) is 0 Å². The second-order valence-corrected chi connectivity index (χ2v) is 6.65. The van der Waals surface area contributed by atoms with E-state index >= 15 is 0 Å². The fourth-order valence-electron chi connectivity index (χ4n) is 1.82. The van der Waals surface area contributed by atoms with Gasteiger partial charge in [0.2, 0.25) is 0 Å². The number of terminal acetylenes is 1. The van der Waals surface area contributed by atoms with Gasteiger partial charge in [-0.15, -0.1) is 12.3 Å². The Kier molecular flexibility index (Phi) is 4.78. The number of rotatable bonds is 4. The zero-order valence-corrected chi connectivity index (χ0v) is 11.3. The topological polar surface area (TPSA) is 104 Å². The van der Waals surface area contributed by atoms with Gasteiger partial charge < -0.3 is 15.3 Å². The van der Waals surface area contributed by atoms with Crippen molar-refractivity contribution in [3.05, 3.63) is 0 Å². The Balaban J connectivity index is 2.63. The van der Waals surface area contributed by atoms with Crippen LogP contribution in [0.1, 0.15) is 12.8 Å². The van der Waals surface area contributed by atoms with Crippen molar-refractivity contribution in [1.82, 2.24) is 10.2 Å². The molecule has 2 unspecified atom stereocenters. The summed E-state index contributed by atoms with van der Waals surface area (Å²) in [7, 11) is -1.66. The van der Waals surface area contributed by atoms with Gasteiger partial charge >= 0.3 is 12.0 Å². The third-order valence-electron chi connectivity index (χ3n) is 2.99. The summed E-state index contributed by atoms with van der Waals surface area (Å²) in [5, 5.41) is 11.1. The van der Waals surface area contributed by atoms with Crippen molar-refractivity contribution in [3.63, 3.8) is 0 Å². The first kappa shape index (κ1) is 15.3. The van der Waals surface area contributed by atoms with E-state index in [0.29, 0.717) is 6.42 Å². The van der Waals surface area contributed by atoms with Gasteiger partial charge in [-0.1, -0.05) is 0 Å². The van der Waals surface area contributed by atoms with Gasteiger partial charge in [-0.2, -0.15) is 0 Å². The largest absolute Gasteiger partial charge is 0.480 e. The van der Waals surface area contributed by atoms with Gasteiger partial charge in [0.1, 0.15) is 6.04 Å². The molecule has 0 saturated carbocycles. The summed E-state index contributed by atoms with van der Waals surface area (Å²) in [4.78, 5) is 23.9. The summed E-state index contributed by atoms with van der Waals surface area (Å²) in [6.07, 6.45) is 5.25. The predicted octanol–water partition coefficient (Wildman–Crippen LogP) is -0.709. The lowest BCUT2D eigenvalue weighted by Gasteiger charge is -2.25. The first-order valence-electron chi connectivity index (χ1n) is 5.67. The molecule has 0 aromatic heterocycles. The number of nitrogens with one attached hydrogen (secondary N) is 1. The maximum absolute atomic E-state index is 11.8. The molecule has 2 atom stereocenters. The first-order valence-corrected chi connectivity index (χ1v) is 7.49. The zero-order chi connectivity index (χ0) is 14.6. The molecule has 1 aliphatic rings. The molecule has 2 amide bonds. The van der Waals surface area contributed by atoms with E-state index in [9.17, 15) is 18.0 Å². The minimum Gasteiger partial charge on any atom is -0.480 e. The van der Waals surface area contributed by atoms with Crippen molar-refractivity contribution in [3.8, 4) is 12.3 Å². The molecule has 1 fully saturated rings. The molecule has 0 bridgehead atoms. The Morgan fingerprint density at radius 2 is 2.21 bits per heavy atom. The number of hydrogen-bond acceptors (Lipinski definition) is 4. The normalized spacial score (nSPS) is 22.2. The molecule has 1 saturated heterocycles. The molecule has 2 N–H and O–H groups in total. The van der Waals surface area contributed by atoms with Crippen LogP contribution in [-0.2, 0) is 14.6 Å². The number of hydrogen-bond donors (Lipinski definition) is 2. The number of carboxylic acid groups (broad SMARTS) is 1. The van der Waals surface area contributed by atoms with Gasteiger partial charge in [-0.25, -0.2) is 18.0 Å². The standard InChI is InChI=1S/C11H16N2O5S/c1-3-4-9(10(14)15)12-11(16)13(2)8-5-6-19(17,18)7-8/h1,8-9H,4-7H2,2H3,(H,12,16)(H,14,15). The fourth-order valence-corrected chi connectivity index (χ4v) is 3.59. The van der Waals surface area contributed by atoms with Crippen molar-refractivity contribution >= 4 is 21.8 Å². The number of aliphatic carboxylic acids is 1. The number of amides is 2. The monoisotopic (exact) mass is 288 g/mol. The summed E-state index contributed by atoms with van der Waals surface area (Å²) in [6.45, 7) is 0. The van der Waals surface area contributed by atoms with E-state index in [-0.39, 0.29) is 17.9 Å². The summed E-state index contributed by atoms with van der Waals surface area (Å²) in [5.74, 6) is 0.893. The number of carbonyl (C=O) groups excluding carboxylic acids is 1. The van der Waals surface area contributed by atoms with E-state index in [0.717, 1.165) is 0 Å². The number of carbonyl (C=O) groups is 2. The van der Waals surface area contributed by atoms with Crippen LogP contribution in [-0.4, -0.2) is 61.1 Å². The smallest absolute Gasteiger partial charge is 0.327 e. The van der Waals surface area contributed by atoms with E-state index in [4.69, 9.17) is 11.5 Å². The predicted molar refractivity (Wildman–Crippen MR) is 68.2 cm³/mol. The third kappa shape index (κ3) is 4.13. The average Bonchev–Trinajstić information content (AvgIpc) is 2.67. The van der Waals surface area contributed by atoms with Crippen molar-refractivity contribution in [2.75, 3.05) is 18.6 Å². The highest BCUT2D eigenvalue weighted by molar-refractivity contribution is 7.91. The lowest BCUT2D eigenvalue weighted by atomic mass is 10.2. The fraction of sp³-hybridized carbons (Fsp3) is 0.636. The molecule has 1 heterocycles. The van der Waals surface area contributed by atoms with Gasteiger partial charge in [0.25, 0.3) is 0 Å². The van der Waals surface area contributed by atoms with Crippen molar-refractivity contribution in [2.45, 2.75) is 24.9 Å². The minimum atomic E-state index is -3.10. The molecule has 7 nitrogen and oxygen atoms in total. The van der Waals surface area contributed by atoms with Crippen molar-refractivity contribution < 1.29 is 23.1 Å². The molecule has 0 aromatic rings. The Morgan fingerprint density at radius 1 is 1.58 bits per heavy atom. The zero-order valence-electron chi connectivity index (χ0n) is 10.5. The SMILES string of the molecule is C#CCC(NC(=O)N(C)C1CCS(=O)(=O)C1)C(=O)O. The van der Waals surface area contributed by atoms with Gasteiger partial charge in [0, 0.05) is 19.5 Å². The maximum Gasteiger partial charge on any atom is 0.327 e. The van der Waals surface area contributed by atoms with Crippen LogP contribution in [0.4, 0.5) is 4.79 Å². The van der Waals surface area contributed by atoms with Gasteiger partial charge in [-0.05, 0) is 6.42 Å². The average molecular weight is 288 g/mol. The summed E-state index contributed by atoms with van der Waals surface area (Å²) in [6, 6.07) is -2.23. The molecular weight excluding hydrogens is 272 g/mol. The second kappa shape index (κ2) is 5.93. The molecule has 1 aliphatic heterocycles. The number of urea groups is 1. The molecule has 0 aromatic carbocycles. The van der Waals surface area contributed by atoms with E-state index in [1.54, 1.807) is 0 Å². The molecule has 0 aliphatic carbocycles. The number of nitrogens with zero attached hydrogens (tertiary/aromatic N) is 1. The van der Waals surface area contributed by atoms with Crippen LogP contribution in [0.5, 0.6) is 0 Å². The lowest BCUT2D eigenvalue weighted by molar-refractivity contribution is -0.139. The minimum absolute atomic E-state index is 0.0437. The highest BCUT2D eigenvalue weighted by Gasteiger charge is 2.33. The van der Waals surface area contributed by atoms with E-state index in [2.05, 4.69) is 11.2 Å². The maximum atomic E-state index is 11.8. The van der Waals surface area contributed by atoms with Gasteiger partial charge in [-0.3, -0.25) is 0 Å².